The molecule has 0 saturated carbocycles. The Hall–Kier alpha value is -2.36. The molecular formula is C37H68N6O8. The number of amides is 1. The average molecular weight is 725 g/mol. The molecule has 6 unspecified atom stereocenters. The Morgan fingerprint density at radius 1 is 0.745 bits per heavy atom. The zero-order chi connectivity index (χ0) is 37.2. The van der Waals surface area contributed by atoms with E-state index in [4.69, 9.17) is 19.3 Å². The lowest BCUT2D eigenvalue weighted by Gasteiger charge is -2.37. The molecule has 51 heavy (non-hydrogen) atoms. The molecule has 14 heteroatoms. The lowest BCUT2D eigenvalue weighted by Crippen LogP contribution is -2.61. The second-order valence-electron chi connectivity index (χ2n) is 14.0. The monoisotopic (exact) mass is 725 g/mol. The van der Waals surface area contributed by atoms with E-state index in [-0.39, 0.29) is 25.2 Å². The van der Waals surface area contributed by atoms with Crippen molar-refractivity contribution >= 4 is 23.8 Å². The molecule has 6 aliphatic rings. The lowest BCUT2D eigenvalue weighted by molar-refractivity contribution is -0.164. The largest absolute Gasteiger partial charge is 0.464 e. The molecule has 0 aromatic carbocycles. The zero-order valence-electron chi connectivity index (χ0n) is 32.0. The van der Waals surface area contributed by atoms with Crippen LogP contribution >= 0.6 is 0 Å². The van der Waals surface area contributed by atoms with E-state index in [0.717, 1.165) is 64.3 Å². The Kier molecular flexibility index (Phi) is 19.7. The molecule has 6 atom stereocenters. The SMILES string of the molecule is CCC1CCCN1.CCOC(=O)C(C(=O)OCC)N1CCCC1CC.CCOC(=O)C1C(=O)NCC2CCCN21.OCC1CNCC2CCCN12. The highest BCUT2D eigenvalue weighted by molar-refractivity contribution is 6.02. The first-order valence-corrected chi connectivity index (χ1v) is 19.8. The fraction of sp³-hybridized carbons (Fsp3) is 0.892. The van der Waals surface area contributed by atoms with Crippen LogP contribution in [0, 0.1) is 0 Å². The van der Waals surface area contributed by atoms with E-state index in [1.54, 1.807) is 20.8 Å². The van der Waals surface area contributed by atoms with E-state index in [1.165, 1.54) is 45.2 Å². The van der Waals surface area contributed by atoms with Crippen molar-refractivity contribution in [3.63, 3.8) is 0 Å². The van der Waals surface area contributed by atoms with Crippen molar-refractivity contribution in [2.45, 2.75) is 141 Å². The van der Waals surface area contributed by atoms with Crippen molar-refractivity contribution in [3.8, 4) is 0 Å². The van der Waals surface area contributed by atoms with Gasteiger partial charge in [-0.15, -0.1) is 0 Å². The van der Waals surface area contributed by atoms with Crippen LogP contribution in [0.5, 0.6) is 0 Å². The lowest BCUT2D eigenvalue weighted by atomic mass is 10.1. The summed E-state index contributed by atoms with van der Waals surface area (Å²) in [5.74, 6) is -1.61. The molecule has 0 bridgehead atoms. The number of esters is 3. The second-order valence-corrected chi connectivity index (χ2v) is 14.0. The highest BCUT2D eigenvalue weighted by Crippen LogP contribution is 2.25. The molecule has 6 saturated heterocycles. The molecule has 0 aliphatic carbocycles. The van der Waals surface area contributed by atoms with Gasteiger partial charge in [0.15, 0.2) is 6.04 Å². The van der Waals surface area contributed by atoms with Gasteiger partial charge in [-0.3, -0.25) is 19.5 Å². The van der Waals surface area contributed by atoms with Gasteiger partial charge in [0.1, 0.15) is 0 Å². The Balaban J connectivity index is 0.000000192. The van der Waals surface area contributed by atoms with E-state index in [2.05, 4.69) is 34.7 Å². The van der Waals surface area contributed by atoms with E-state index >= 15 is 0 Å². The summed E-state index contributed by atoms with van der Waals surface area (Å²) in [7, 11) is 0. The maximum Gasteiger partial charge on any atom is 0.335 e. The number of fused-ring (bicyclic) bond motifs is 2. The second kappa shape index (κ2) is 23.3. The van der Waals surface area contributed by atoms with Crippen LogP contribution in [-0.4, -0.2) is 158 Å². The van der Waals surface area contributed by atoms with Crippen LogP contribution < -0.4 is 16.0 Å². The van der Waals surface area contributed by atoms with E-state index < -0.39 is 30.0 Å². The first-order chi connectivity index (χ1) is 24.7. The van der Waals surface area contributed by atoms with Gasteiger partial charge in [-0.25, -0.2) is 14.4 Å². The zero-order valence-corrected chi connectivity index (χ0v) is 32.0. The molecule has 0 aromatic heterocycles. The van der Waals surface area contributed by atoms with Crippen molar-refractivity contribution in [1.82, 2.24) is 30.7 Å². The van der Waals surface area contributed by atoms with Crippen LogP contribution in [0.2, 0.25) is 0 Å². The molecule has 6 rings (SSSR count). The molecule has 6 fully saturated rings. The molecule has 6 aliphatic heterocycles. The van der Waals surface area contributed by atoms with Gasteiger partial charge < -0.3 is 35.3 Å². The van der Waals surface area contributed by atoms with Crippen LogP contribution in [-0.2, 0) is 33.4 Å². The predicted molar refractivity (Wildman–Crippen MR) is 195 cm³/mol. The first kappa shape index (κ1) is 43.0. The number of ether oxygens (including phenoxy) is 3. The Morgan fingerprint density at radius 3 is 1.92 bits per heavy atom. The quantitative estimate of drug-likeness (QED) is 0.146. The van der Waals surface area contributed by atoms with Gasteiger partial charge in [-0.05, 0) is 111 Å². The molecule has 0 spiro atoms. The molecule has 294 valence electrons. The highest BCUT2D eigenvalue weighted by atomic mass is 16.6. The molecular weight excluding hydrogens is 656 g/mol. The number of carbonyl (C=O) groups is 4. The third kappa shape index (κ3) is 12.6. The van der Waals surface area contributed by atoms with Crippen LogP contribution in [0.15, 0.2) is 0 Å². The minimum Gasteiger partial charge on any atom is -0.464 e. The van der Waals surface area contributed by atoms with Crippen molar-refractivity contribution < 1.29 is 38.5 Å². The summed E-state index contributed by atoms with van der Waals surface area (Å²) < 4.78 is 14.9. The van der Waals surface area contributed by atoms with Gasteiger partial charge in [-0.1, -0.05) is 13.8 Å². The van der Waals surface area contributed by atoms with Crippen molar-refractivity contribution in [2.24, 2.45) is 0 Å². The van der Waals surface area contributed by atoms with E-state index in [0.29, 0.717) is 37.9 Å². The van der Waals surface area contributed by atoms with Crippen LogP contribution in [0.3, 0.4) is 0 Å². The summed E-state index contributed by atoms with van der Waals surface area (Å²) in [6.45, 7) is 17.5. The Morgan fingerprint density at radius 2 is 1.37 bits per heavy atom. The van der Waals surface area contributed by atoms with Crippen LogP contribution in [0.4, 0.5) is 0 Å². The first-order valence-electron chi connectivity index (χ1n) is 19.8. The minimum absolute atomic E-state index is 0.216. The maximum atomic E-state index is 11.9. The molecule has 1 amide bonds. The topological polar surface area (TPSA) is 162 Å². The number of carbonyl (C=O) groups excluding carboxylic acids is 4. The number of aliphatic hydroxyl groups is 1. The summed E-state index contributed by atoms with van der Waals surface area (Å²) >= 11 is 0. The standard InChI is InChI=1S/C13H23NO4.C10H16N2O3.C8H16N2O.C6H13N/c1-4-10-8-7-9-14(10)11(12(15)17-5-2)13(16)18-6-3;1-2-15-10(14)8-9(13)11-6-7-4-3-5-12(7)8;11-6-8-5-9-4-7-2-1-3-10(7)8;1-2-6-4-3-5-7-6/h10-11H,4-9H2,1-3H3;7-8H,2-6H2,1H3,(H,11,13);7-9,11H,1-6H2;6-7H,2-5H2,1H3. The molecule has 14 nitrogen and oxygen atoms in total. The molecule has 0 aromatic rings. The molecule has 4 N–H and O–H groups in total. The fourth-order valence-corrected chi connectivity index (χ4v) is 8.16. The number of hydrogen-bond donors (Lipinski definition) is 4. The van der Waals surface area contributed by atoms with Gasteiger partial charge in [0.25, 0.3) is 0 Å². The highest BCUT2D eigenvalue weighted by Gasteiger charge is 2.44. The summed E-state index contributed by atoms with van der Waals surface area (Å²) in [5, 5.41) is 18.6. The minimum atomic E-state index is -0.891. The number of piperazine rings is 2. The van der Waals surface area contributed by atoms with Gasteiger partial charge in [0.2, 0.25) is 11.9 Å². The summed E-state index contributed by atoms with van der Waals surface area (Å²) in [5.41, 5.74) is 0. The number of aliphatic hydroxyl groups excluding tert-OH is 1. The normalized spacial score (nSPS) is 28.9. The number of likely N-dealkylation sites (tertiary alicyclic amines) is 1. The predicted octanol–water partition coefficient (Wildman–Crippen LogP) is 1.43. The van der Waals surface area contributed by atoms with Gasteiger partial charge >= 0.3 is 17.9 Å². The van der Waals surface area contributed by atoms with Crippen molar-refractivity contribution in [3.05, 3.63) is 0 Å². The third-order valence-electron chi connectivity index (χ3n) is 10.8. The smallest absolute Gasteiger partial charge is 0.335 e. The number of rotatable bonds is 10. The number of hydrogen-bond acceptors (Lipinski definition) is 13. The number of nitrogens with one attached hydrogen (secondary N) is 3. The Labute approximate surface area is 306 Å². The van der Waals surface area contributed by atoms with E-state index in [9.17, 15) is 19.2 Å². The average Bonchev–Trinajstić information content (AvgIpc) is 3.97. The Bertz CT molecular complexity index is 1040. The summed E-state index contributed by atoms with van der Waals surface area (Å²) in [4.78, 5) is 53.5. The van der Waals surface area contributed by atoms with Gasteiger partial charge in [0, 0.05) is 49.8 Å². The summed E-state index contributed by atoms with van der Waals surface area (Å²) in [6, 6.07) is 0.918. The number of nitrogens with zero attached hydrogens (tertiary/aromatic N) is 3. The van der Waals surface area contributed by atoms with Gasteiger partial charge in [0.05, 0.1) is 26.4 Å². The van der Waals surface area contributed by atoms with Gasteiger partial charge in [-0.2, -0.15) is 0 Å². The van der Waals surface area contributed by atoms with Crippen LogP contribution in [0.1, 0.15) is 98.8 Å². The molecule has 6 heterocycles. The molecule has 0 radical (unpaired) electrons. The summed E-state index contributed by atoms with van der Waals surface area (Å²) in [6.07, 6.45) is 11.8. The maximum absolute atomic E-state index is 11.9. The third-order valence-corrected chi connectivity index (χ3v) is 10.8. The van der Waals surface area contributed by atoms with Crippen molar-refractivity contribution in [1.29, 1.82) is 0 Å². The van der Waals surface area contributed by atoms with E-state index in [1.807, 2.05) is 9.80 Å². The van der Waals surface area contributed by atoms with Crippen LogP contribution in [0.25, 0.3) is 0 Å². The van der Waals surface area contributed by atoms with Crippen molar-refractivity contribution in [2.75, 3.05) is 72.2 Å². The fourth-order valence-electron chi connectivity index (χ4n) is 8.16.